The topological polar surface area (TPSA) is 94.2 Å². The highest BCUT2D eigenvalue weighted by Gasteiger charge is 2.26. The molecule has 1 aliphatic rings. The summed E-state index contributed by atoms with van der Waals surface area (Å²) in [5.41, 5.74) is 0.315. The molecule has 0 unspecified atom stereocenters. The molecule has 1 saturated heterocycles. The van der Waals surface area contributed by atoms with Crippen LogP contribution >= 0.6 is 0 Å². The lowest BCUT2D eigenvalue weighted by molar-refractivity contribution is -0.156. The predicted molar refractivity (Wildman–Crippen MR) is 92.9 cm³/mol. The van der Waals surface area contributed by atoms with Crippen molar-refractivity contribution in [3.8, 4) is 5.75 Å². The Morgan fingerprint density at radius 2 is 1.85 bits per heavy atom. The first-order chi connectivity index (χ1) is 12.4. The molecule has 1 N–H and O–H groups in total. The van der Waals surface area contributed by atoms with Crippen LogP contribution in [0.4, 0.5) is 0 Å². The minimum atomic E-state index is -0.684. The Morgan fingerprint density at radius 1 is 1.19 bits per heavy atom. The number of nitrogens with zero attached hydrogens (tertiary/aromatic N) is 1. The van der Waals surface area contributed by atoms with Crippen molar-refractivity contribution < 1.29 is 28.6 Å². The monoisotopic (exact) mass is 364 g/mol. The molecule has 1 fully saturated rings. The summed E-state index contributed by atoms with van der Waals surface area (Å²) >= 11 is 0. The van der Waals surface area contributed by atoms with Gasteiger partial charge in [-0.3, -0.25) is 14.4 Å². The first-order valence-electron chi connectivity index (χ1n) is 8.40. The Labute approximate surface area is 152 Å². The average Bonchev–Trinajstić information content (AvgIpc) is 2.63. The number of morpholine rings is 1. The molecule has 8 nitrogen and oxygen atoms in total. The van der Waals surface area contributed by atoms with E-state index in [0.717, 1.165) is 0 Å². The van der Waals surface area contributed by atoms with Gasteiger partial charge in [0.15, 0.2) is 6.61 Å². The molecule has 1 heterocycles. The van der Waals surface area contributed by atoms with Gasteiger partial charge >= 0.3 is 5.97 Å². The van der Waals surface area contributed by atoms with E-state index in [2.05, 4.69) is 5.32 Å². The summed E-state index contributed by atoms with van der Waals surface area (Å²) in [6.45, 7) is 4.00. The maximum atomic E-state index is 12.1. The zero-order valence-electron chi connectivity index (χ0n) is 15.2. The standard InChI is InChI=1S/C18H24N2O6/c1-12-9-20(10-13(2)26-12)16(21)11-25-17(22)8-19-18(23)14-6-4-5-7-15(14)24-3/h4-7,12-13H,8-11H2,1-3H3,(H,19,23)/t12-,13+. The molecule has 0 aliphatic carbocycles. The van der Waals surface area contributed by atoms with Crippen LogP contribution in [0.15, 0.2) is 24.3 Å². The summed E-state index contributed by atoms with van der Waals surface area (Å²) < 4.78 is 15.6. The number of carbonyl (C=O) groups excluding carboxylic acids is 3. The molecular weight excluding hydrogens is 340 g/mol. The van der Waals surface area contributed by atoms with Crippen LogP contribution in [0.25, 0.3) is 0 Å². The summed E-state index contributed by atoms with van der Waals surface area (Å²) in [6, 6.07) is 6.67. The summed E-state index contributed by atoms with van der Waals surface area (Å²) in [5, 5.41) is 2.45. The molecule has 2 rings (SSSR count). The van der Waals surface area contributed by atoms with Crippen LogP contribution in [-0.4, -0.2) is 68.2 Å². The highest BCUT2D eigenvalue weighted by Crippen LogP contribution is 2.16. The number of amides is 2. The number of methoxy groups -OCH3 is 1. The number of rotatable bonds is 6. The first-order valence-corrected chi connectivity index (χ1v) is 8.40. The molecule has 1 aromatic rings. The molecule has 26 heavy (non-hydrogen) atoms. The molecule has 0 radical (unpaired) electrons. The van der Waals surface area contributed by atoms with Crippen molar-refractivity contribution >= 4 is 17.8 Å². The lowest BCUT2D eigenvalue weighted by Crippen LogP contribution is -2.49. The van der Waals surface area contributed by atoms with E-state index in [-0.39, 0.29) is 31.3 Å². The molecule has 1 aliphatic heterocycles. The number of para-hydroxylation sites is 1. The zero-order chi connectivity index (χ0) is 19.1. The minimum absolute atomic E-state index is 0.0569. The molecule has 142 valence electrons. The van der Waals surface area contributed by atoms with Crippen molar-refractivity contribution in [2.75, 3.05) is 33.4 Å². The lowest BCUT2D eigenvalue weighted by Gasteiger charge is -2.35. The van der Waals surface area contributed by atoms with Gasteiger partial charge in [0.25, 0.3) is 11.8 Å². The minimum Gasteiger partial charge on any atom is -0.496 e. The number of ether oxygens (including phenoxy) is 3. The number of hydrogen-bond donors (Lipinski definition) is 1. The molecule has 0 aromatic heterocycles. The highest BCUT2D eigenvalue weighted by molar-refractivity contribution is 5.98. The average molecular weight is 364 g/mol. The van der Waals surface area contributed by atoms with Crippen LogP contribution < -0.4 is 10.1 Å². The maximum absolute atomic E-state index is 12.1. The maximum Gasteiger partial charge on any atom is 0.325 e. The van der Waals surface area contributed by atoms with Gasteiger partial charge in [-0.05, 0) is 26.0 Å². The summed E-state index contributed by atoms with van der Waals surface area (Å²) in [6.07, 6.45) is -0.114. The van der Waals surface area contributed by atoms with Crippen molar-refractivity contribution in [1.29, 1.82) is 0 Å². The second-order valence-electron chi connectivity index (χ2n) is 6.10. The largest absolute Gasteiger partial charge is 0.496 e. The van der Waals surface area contributed by atoms with Gasteiger partial charge in [-0.1, -0.05) is 12.1 Å². The Morgan fingerprint density at radius 3 is 2.50 bits per heavy atom. The number of nitrogens with one attached hydrogen (secondary N) is 1. The third kappa shape index (κ3) is 5.45. The Kier molecular flexibility index (Phi) is 6.97. The van der Waals surface area contributed by atoms with Crippen LogP contribution in [0.1, 0.15) is 24.2 Å². The van der Waals surface area contributed by atoms with Gasteiger partial charge in [0.2, 0.25) is 0 Å². The number of esters is 1. The van der Waals surface area contributed by atoms with Crippen LogP contribution in [-0.2, 0) is 19.1 Å². The van der Waals surface area contributed by atoms with Crippen LogP contribution in [0.3, 0.4) is 0 Å². The molecule has 0 bridgehead atoms. The third-order valence-electron chi connectivity index (χ3n) is 3.87. The third-order valence-corrected chi connectivity index (χ3v) is 3.87. The molecule has 0 spiro atoms. The van der Waals surface area contributed by atoms with Gasteiger partial charge in [-0.15, -0.1) is 0 Å². The Balaban J connectivity index is 1.76. The van der Waals surface area contributed by atoms with Crippen molar-refractivity contribution in [2.45, 2.75) is 26.1 Å². The Bertz CT molecular complexity index is 653. The number of hydrogen-bond acceptors (Lipinski definition) is 6. The van der Waals surface area contributed by atoms with Crippen LogP contribution in [0.2, 0.25) is 0 Å². The van der Waals surface area contributed by atoms with Gasteiger partial charge < -0.3 is 24.4 Å². The molecule has 1 aromatic carbocycles. The Hall–Kier alpha value is -2.61. The van der Waals surface area contributed by atoms with Gasteiger partial charge in [0.05, 0.1) is 24.9 Å². The van der Waals surface area contributed by atoms with Gasteiger partial charge in [-0.2, -0.15) is 0 Å². The fourth-order valence-corrected chi connectivity index (χ4v) is 2.75. The molecule has 0 saturated carbocycles. The van der Waals surface area contributed by atoms with E-state index in [9.17, 15) is 14.4 Å². The smallest absolute Gasteiger partial charge is 0.325 e. The van der Waals surface area contributed by atoms with Gasteiger partial charge in [-0.25, -0.2) is 0 Å². The second kappa shape index (κ2) is 9.19. The van der Waals surface area contributed by atoms with E-state index in [1.54, 1.807) is 29.2 Å². The van der Waals surface area contributed by atoms with E-state index in [4.69, 9.17) is 14.2 Å². The van der Waals surface area contributed by atoms with Crippen LogP contribution in [0, 0.1) is 0 Å². The van der Waals surface area contributed by atoms with E-state index in [1.165, 1.54) is 7.11 Å². The second-order valence-corrected chi connectivity index (χ2v) is 6.10. The fourth-order valence-electron chi connectivity index (χ4n) is 2.75. The van der Waals surface area contributed by atoms with Gasteiger partial charge in [0, 0.05) is 13.1 Å². The van der Waals surface area contributed by atoms with Crippen molar-refractivity contribution in [3.63, 3.8) is 0 Å². The number of carbonyl (C=O) groups is 3. The van der Waals surface area contributed by atoms with Gasteiger partial charge in [0.1, 0.15) is 12.3 Å². The van der Waals surface area contributed by atoms with E-state index in [0.29, 0.717) is 24.4 Å². The molecule has 2 atom stereocenters. The lowest BCUT2D eigenvalue weighted by atomic mass is 10.2. The van der Waals surface area contributed by atoms with Crippen molar-refractivity contribution in [1.82, 2.24) is 10.2 Å². The van der Waals surface area contributed by atoms with Crippen molar-refractivity contribution in [2.24, 2.45) is 0 Å². The quantitative estimate of drug-likeness (QED) is 0.743. The first kappa shape index (κ1) is 19.7. The normalized spacial score (nSPS) is 19.6. The van der Waals surface area contributed by atoms with Crippen molar-refractivity contribution in [3.05, 3.63) is 29.8 Å². The van der Waals surface area contributed by atoms with E-state index in [1.807, 2.05) is 13.8 Å². The SMILES string of the molecule is COc1ccccc1C(=O)NCC(=O)OCC(=O)N1C[C@@H](C)O[C@@H](C)C1. The highest BCUT2D eigenvalue weighted by atomic mass is 16.5. The summed E-state index contributed by atoms with van der Waals surface area (Å²) in [7, 11) is 1.46. The van der Waals surface area contributed by atoms with Crippen LogP contribution in [0.5, 0.6) is 5.75 Å². The molecule has 2 amide bonds. The zero-order valence-corrected chi connectivity index (χ0v) is 15.2. The number of benzene rings is 1. The van der Waals surface area contributed by atoms with E-state index < -0.39 is 11.9 Å². The van der Waals surface area contributed by atoms with E-state index >= 15 is 0 Å². The summed E-state index contributed by atoms with van der Waals surface area (Å²) in [4.78, 5) is 37.6. The fraction of sp³-hybridized carbons (Fsp3) is 0.500. The summed E-state index contributed by atoms with van der Waals surface area (Å²) in [5.74, 6) is -1.02. The molecular formula is C18H24N2O6. The predicted octanol–water partition coefficient (Wildman–Crippen LogP) is 0.604. The molecule has 8 heteroatoms.